The van der Waals surface area contributed by atoms with Gasteiger partial charge in [0.1, 0.15) is 18.3 Å². The lowest BCUT2D eigenvalue weighted by molar-refractivity contribution is -0.139. The zero-order valence-corrected chi connectivity index (χ0v) is 24.1. The number of nitrogens with zero attached hydrogens (tertiary/aromatic N) is 2. The van der Waals surface area contributed by atoms with Crippen LogP contribution in [0.15, 0.2) is 77.7 Å². The van der Waals surface area contributed by atoms with Crippen LogP contribution >= 0.6 is 11.6 Å². The minimum atomic E-state index is -4.15. The highest BCUT2D eigenvalue weighted by Gasteiger charge is 2.32. The molecule has 0 saturated heterocycles. The molecule has 0 aromatic heterocycles. The molecule has 0 saturated carbocycles. The Morgan fingerprint density at radius 1 is 1.03 bits per heavy atom. The highest BCUT2D eigenvalue weighted by atomic mass is 35.5. The molecule has 208 valence electrons. The molecular weight excluding hydrogens is 538 g/mol. The standard InChI is InChI=1S/C29H34ClN3O5S/c1-5-17-31-29(35)22(3)32(19-23-11-13-24(30)14-12-23)28(34)20-33(25-7-6-8-26(18-25)38-4)39(36,37)27-15-9-21(2)10-16-27/h6-16,18,22H,5,17,19-20H2,1-4H3,(H,31,35)/t22-/m1/s1. The highest BCUT2D eigenvalue weighted by Crippen LogP contribution is 2.28. The second-order valence-corrected chi connectivity index (χ2v) is 11.4. The van der Waals surface area contributed by atoms with Crippen LogP contribution in [0.3, 0.4) is 0 Å². The molecule has 0 unspecified atom stereocenters. The van der Waals surface area contributed by atoms with Crippen molar-refractivity contribution in [2.75, 3.05) is 24.5 Å². The molecule has 1 atom stereocenters. The van der Waals surface area contributed by atoms with Crippen molar-refractivity contribution in [1.29, 1.82) is 0 Å². The number of amides is 2. The van der Waals surface area contributed by atoms with Gasteiger partial charge in [0.05, 0.1) is 17.7 Å². The van der Waals surface area contributed by atoms with Crippen LogP contribution in [0.2, 0.25) is 5.02 Å². The van der Waals surface area contributed by atoms with Gasteiger partial charge in [-0.25, -0.2) is 8.42 Å². The molecule has 3 rings (SSSR count). The van der Waals surface area contributed by atoms with E-state index in [1.54, 1.807) is 67.6 Å². The fourth-order valence-corrected chi connectivity index (χ4v) is 5.43. The van der Waals surface area contributed by atoms with Gasteiger partial charge >= 0.3 is 0 Å². The van der Waals surface area contributed by atoms with E-state index in [0.717, 1.165) is 21.9 Å². The first-order chi connectivity index (χ1) is 18.6. The average Bonchev–Trinajstić information content (AvgIpc) is 2.93. The number of anilines is 1. The third-order valence-corrected chi connectivity index (χ3v) is 8.25. The van der Waals surface area contributed by atoms with Gasteiger partial charge in [-0.2, -0.15) is 0 Å². The topological polar surface area (TPSA) is 96.0 Å². The van der Waals surface area contributed by atoms with Crippen molar-refractivity contribution in [3.63, 3.8) is 0 Å². The summed E-state index contributed by atoms with van der Waals surface area (Å²) in [4.78, 5) is 28.2. The number of carbonyl (C=O) groups excluding carboxylic acids is 2. The fourth-order valence-electron chi connectivity index (χ4n) is 3.90. The monoisotopic (exact) mass is 571 g/mol. The van der Waals surface area contributed by atoms with Crippen molar-refractivity contribution >= 4 is 39.1 Å². The van der Waals surface area contributed by atoms with Crippen molar-refractivity contribution in [2.45, 2.75) is 44.7 Å². The summed E-state index contributed by atoms with van der Waals surface area (Å²) >= 11 is 6.03. The first kappa shape index (κ1) is 30.0. The maximum Gasteiger partial charge on any atom is 0.264 e. The van der Waals surface area contributed by atoms with Gasteiger partial charge in [-0.15, -0.1) is 0 Å². The Morgan fingerprint density at radius 2 is 1.69 bits per heavy atom. The summed E-state index contributed by atoms with van der Waals surface area (Å²) in [5.74, 6) is -0.425. The zero-order chi connectivity index (χ0) is 28.6. The van der Waals surface area contributed by atoms with Crippen molar-refractivity contribution in [3.8, 4) is 5.75 Å². The lowest BCUT2D eigenvalue weighted by Crippen LogP contribution is -2.51. The van der Waals surface area contributed by atoms with Crippen molar-refractivity contribution in [2.24, 2.45) is 0 Å². The zero-order valence-electron chi connectivity index (χ0n) is 22.6. The number of ether oxygens (including phenoxy) is 1. The van der Waals surface area contributed by atoms with E-state index in [9.17, 15) is 18.0 Å². The number of sulfonamides is 1. The lowest BCUT2D eigenvalue weighted by Gasteiger charge is -2.32. The summed E-state index contributed by atoms with van der Waals surface area (Å²) in [5.41, 5.74) is 1.91. The van der Waals surface area contributed by atoms with E-state index in [0.29, 0.717) is 17.3 Å². The molecule has 3 aromatic carbocycles. The summed E-state index contributed by atoms with van der Waals surface area (Å²) in [6, 6.07) is 19.0. The molecule has 0 aliphatic carbocycles. The van der Waals surface area contributed by atoms with E-state index < -0.39 is 28.5 Å². The number of aryl methyl sites for hydroxylation is 1. The minimum Gasteiger partial charge on any atom is -0.497 e. The molecule has 8 nitrogen and oxygen atoms in total. The summed E-state index contributed by atoms with van der Waals surface area (Å²) in [6.45, 7) is 5.45. The summed E-state index contributed by atoms with van der Waals surface area (Å²) in [6.07, 6.45) is 0.738. The molecule has 0 spiro atoms. The van der Waals surface area contributed by atoms with Crippen LogP contribution in [0.4, 0.5) is 5.69 Å². The van der Waals surface area contributed by atoms with E-state index >= 15 is 0 Å². The van der Waals surface area contributed by atoms with Crippen molar-refractivity contribution < 1.29 is 22.7 Å². The van der Waals surface area contributed by atoms with Crippen LogP contribution in [-0.4, -0.2) is 51.4 Å². The van der Waals surface area contributed by atoms with Crippen molar-refractivity contribution in [1.82, 2.24) is 10.2 Å². The largest absolute Gasteiger partial charge is 0.497 e. The molecule has 39 heavy (non-hydrogen) atoms. The quantitative estimate of drug-likeness (QED) is 0.337. The van der Waals surface area contributed by atoms with E-state index in [1.165, 1.54) is 24.1 Å². The van der Waals surface area contributed by atoms with Gasteiger partial charge in [-0.3, -0.25) is 13.9 Å². The average molecular weight is 572 g/mol. The Bertz CT molecular complexity index is 1380. The molecule has 0 aliphatic heterocycles. The second kappa shape index (κ2) is 13.5. The normalized spacial score (nSPS) is 11.9. The van der Waals surface area contributed by atoms with Crippen LogP contribution in [0.1, 0.15) is 31.4 Å². The predicted octanol–water partition coefficient (Wildman–Crippen LogP) is 4.80. The highest BCUT2D eigenvalue weighted by molar-refractivity contribution is 7.92. The third-order valence-electron chi connectivity index (χ3n) is 6.21. The SMILES string of the molecule is CCCNC(=O)[C@@H](C)N(Cc1ccc(Cl)cc1)C(=O)CN(c1cccc(OC)c1)S(=O)(=O)c1ccc(C)cc1. The maximum atomic E-state index is 13.9. The molecule has 0 fully saturated rings. The Hall–Kier alpha value is -3.56. The van der Waals surface area contributed by atoms with Gasteiger partial charge in [0.15, 0.2) is 0 Å². The Kier molecular flexibility index (Phi) is 10.4. The molecular formula is C29H34ClN3O5S. The van der Waals surface area contributed by atoms with Gasteiger partial charge in [0, 0.05) is 24.2 Å². The smallest absolute Gasteiger partial charge is 0.264 e. The number of benzene rings is 3. The summed E-state index contributed by atoms with van der Waals surface area (Å²) < 4.78 is 34.1. The second-order valence-electron chi connectivity index (χ2n) is 9.14. The van der Waals surface area contributed by atoms with Gasteiger partial charge < -0.3 is 15.0 Å². The number of rotatable bonds is 12. The number of halogens is 1. The van der Waals surface area contributed by atoms with Gasteiger partial charge in [-0.05, 0) is 62.2 Å². The van der Waals surface area contributed by atoms with Crippen LogP contribution in [0.5, 0.6) is 5.75 Å². The third kappa shape index (κ3) is 7.74. The summed E-state index contributed by atoms with van der Waals surface area (Å²) in [7, 11) is -2.67. The van der Waals surface area contributed by atoms with E-state index in [1.807, 2.05) is 13.8 Å². The molecule has 2 amide bonds. The van der Waals surface area contributed by atoms with Gasteiger partial charge in [-0.1, -0.05) is 54.4 Å². The molecule has 3 aromatic rings. The van der Waals surface area contributed by atoms with E-state index in [-0.39, 0.29) is 23.0 Å². The molecule has 0 aliphatic rings. The van der Waals surface area contributed by atoms with Gasteiger partial charge in [0.25, 0.3) is 10.0 Å². The predicted molar refractivity (Wildman–Crippen MR) is 153 cm³/mol. The number of carbonyl (C=O) groups is 2. The number of methoxy groups -OCH3 is 1. The maximum absolute atomic E-state index is 13.9. The molecule has 1 N–H and O–H groups in total. The van der Waals surface area contributed by atoms with E-state index in [2.05, 4.69) is 5.32 Å². The Labute approximate surface area is 235 Å². The van der Waals surface area contributed by atoms with Crippen molar-refractivity contribution in [3.05, 3.63) is 88.9 Å². The first-order valence-corrected chi connectivity index (χ1v) is 14.4. The molecule has 0 heterocycles. The van der Waals surface area contributed by atoms with Crippen LogP contribution < -0.4 is 14.4 Å². The minimum absolute atomic E-state index is 0.0432. The number of nitrogens with one attached hydrogen (secondary N) is 1. The summed E-state index contributed by atoms with van der Waals surface area (Å²) in [5, 5.41) is 3.36. The lowest BCUT2D eigenvalue weighted by atomic mass is 10.1. The van der Waals surface area contributed by atoms with Crippen LogP contribution in [0, 0.1) is 6.92 Å². The molecule has 0 bridgehead atoms. The molecule has 0 radical (unpaired) electrons. The van der Waals surface area contributed by atoms with E-state index in [4.69, 9.17) is 16.3 Å². The molecule has 10 heteroatoms. The number of hydrogen-bond acceptors (Lipinski definition) is 5. The van der Waals surface area contributed by atoms with Crippen LogP contribution in [-0.2, 0) is 26.2 Å². The Morgan fingerprint density at radius 3 is 2.31 bits per heavy atom. The van der Waals surface area contributed by atoms with Gasteiger partial charge in [0.2, 0.25) is 11.8 Å². The first-order valence-electron chi connectivity index (χ1n) is 12.6. The fraction of sp³-hybridized carbons (Fsp3) is 0.310. The number of hydrogen-bond donors (Lipinski definition) is 1. The Balaban J connectivity index is 2.03. The van der Waals surface area contributed by atoms with Crippen LogP contribution in [0.25, 0.3) is 0 Å².